The van der Waals surface area contributed by atoms with Crippen LogP contribution in [-0.2, 0) is 9.53 Å². The largest absolute Gasteiger partial charge is 0.364 e. The van der Waals surface area contributed by atoms with Crippen LogP contribution in [0.2, 0.25) is 0 Å². The molecule has 2 aliphatic heterocycles. The van der Waals surface area contributed by atoms with E-state index in [1.807, 2.05) is 24.9 Å². The lowest BCUT2D eigenvalue weighted by molar-refractivity contribution is -0.138. The van der Waals surface area contributed by atoms with E-state index in [1.54, 1.807) is 18.5 Å². The van der Waals surface area contributed by atoms with Crippen molar-refractivity contribution in [1.82, 2.24) is 20.2 Å². The smallest absolute Gasteiger partial charge is 0.251 e. The highest BCUT2D eigenvalue weighted by atomic mass is 19.1. The number of carbonyl (C=O) groups is 1. The highest BCUT2D eigenvalue weighted by Crippen LogP contribution is 2.29. The van der Waals surface area contributed by atoms with E-state index in [2.05, 4.69) is 26.3 Å². The number of alkyl halides is 1. The van der Waals surface area contributed by atoms with E-state index in [1.165, 1.54) is 0 Å². The molecule has 1 aromatic carbocycles. The van der Waals surface area contributed by atoms with E-state index in [-0.39, 0.29) is 18.6 Å². The van der Waals surface area contributed by atoms with Crippen molar-refractivity contribution < 1.29 is 13.9 Å². The first kappa shape index (κ1) is 21.4. The Labute approximate surface area is 181 Å². The molecule has 0 bridgehead atoms. The molecule has 4 rings (SSSR count). The number of morpholine rings is 1. The summed E-state index contributed by atoms with van der Waals surface area (Å²) in [5.74, 6) is -0.309. The van der Waals surface area contributed by atoms with Gasteiger partial charge in [-0.1, -0.05) is 0 Å². The van der Waals surface area contributed by atoms with E-state index in [0.717, 1.165) is 5.69 Å². The molecule has 2 aromatic rings. The van der Waals surface area contributed by atoms with Crippen molar-refractivity contribution >= 4 is 22.6 Å². The van der Waals surface area contributed by atoms with Gasteiger partial charge in [0.2, 0.25) is 0 Å². The van der Waals surface area contributed by atoms with Crippen LogP contribution in [0.15, 0.2) is 24.5 Å². The van der Waals surface area contributed by atoms with Gasteiger partial charge in [0.1, 0.15) is 22.8 Å². The summed E-state index contributed by atoms with van der Waals surface area (Å²) < 4.78 is 20.9. The number of hydrogen-bond donors (Lipinski definition) is 1. The highest BCUT2D eigenvalue weighted by Gasteiger charge is 2.36. The second-order valence-corrected chi connectivity index (χ2v) is 8.51. The molecule has 164 valence electrons. The summed E-state index contributed by atoms with van der Waals surface area (Å²) in [4.78, 5) is 25.7. The van der Waals surface area contributed by atoms with Crippen LogP contribution in [0.5, 0.6) is 0 Å². The van der Waals surface area contributed by atoms with Crippen molar-refractivity contribution in [3.05, 3.63) is 30.1 Å². The lowest BCUT2D eigenvalue weighted by Crippen LogP contribution is -2.55. The Kier molecular flexibility index (Phi) is 6.03. The van der Waals surface area contributed by atoms with Gasteiger partial charge in [0.15, 0.2) is 6.10 Å². The molecule has 1 aromatic heterocycles. The molecule has 2 aliphatic rings. The van der Waals surface area contributed by atoms with Gasteiger partial charge >= 0.3 is 0 Å². The standard InChI is InChI=1S/C22H27FN6O2/c1-15-12-29(17-4-3-16(11-24)19-20(17)26-8-7-25-19)13-18(31-15)21(30)27-14-22(23)5-9-28(2)10-6-22/h3-4,7-8,15,18H,5-6,9-10,12-14H2,1-2H3,(H,27,30)/t15-,18-/m1/s1. The van der Waals surface area contributed by atoms with E-state index >= 15 is 4.39 Å². The number of nitrogens with one attached hydrogen (secondary N) is 1. The predicted molar refractivity (Wildman–Crippen MR) is 114 cm³/mol. The summed E-state index contributed by atoms with van der Waals surface area (Å²) in [5.41, 5.74) is 1.02. The van der Waals surface area contributed by atoms with E-state index in [9.17, 15) is 10.1 Å². The predicted octanol–water partition coefficient (Wildman–Crippen LogP) is 1.65. The minimum Gasteiger partial charge on any atom is -0.364 e. The molecular formula is C22H27FN6O2. The van der Waals surface area contributed by atoms with Crippen LogP contribution in [0.3, 0.4) is 0 Å². The molecule has 2 saturated heterocycles. The monoisotopic (exact) mass is 426 g/mol. The Morgan fingerprint density at radius 1 is 1.29 bits per heavy atom. The number of rotatable bonds is 4. The first-order valence-electron chi connectivity index (χ1n) is 10.6. The summed E-state index contributed by atoms with van der Waals surface area (Å²) in [7, 11) is 1.97. The third-order valence-electron chi connectivity index (χ3n) is 6.08. The lowest BCUT2D eigenvalue weighted by Gasteiger charge is -2.38. The number of likely N-dealkylation sites (tertiary alicyclic amines) is 1. The molecule has 31 heavy (non-hydrogen) atoms. The Hall–Kier alpha value is -2.83. The maximum Gasteiger partial charge on any atom is 0.251 e. The van der Waals surface area contributed by atoms with Crippen LogP contribution in [0.25, 0.3) is 11.0 Å². The number of fused-ring (bicyclic) bond motifs is 1. The van der Waals surface area contributed by atoms with Crippen molar-refractivity contribution in [2.75, 3.05) is 44.7 Å². The van der Waals surface area contributed by atoms with Crippen LogP contribution in [0.4, 0.5) is 10.1 Å². The zero-order chi connectivity index (χ0) is 22.0. The number of benzene rings is 1. The number of amides is 1. The van der Waals surface area contributed by atoms with Crippen molar-refractivity contribution in [2.24, 2.45) is 0 Å². The Morgan fingerprint density at radius 2 is 2.00 bits per heavy atom. The van der Waals surface area contributed by atoms with Crippen LogP contribution < -0.4 is 10.2 Å². The fraction of sp³-hybridized carbons (Fsp3) is 0.545. The number of anilines is 1. The maximum absolute atomic E-state index is 15.0. The maximum atomic E-state index is 15.0. The molecule has 9 heteroatoms. The average Bonchev–Trinajstić information content (AvgIpc) is 2.78. The third kappa shape index (κ3) is 4.60. The van der Waals surface area contributed by atoms with Crippen LogP contribution in [0, 0.1) is 11.3 Å². The van der Waals surface area contributed by atoms with Gasteiger partial charge in [0.25, 0.3) is 5.91 Å². The average molecular weight is 426 g/mol. The summed E-state index contributed by atoms with van der Waals surface area (Å²) >= 11 is 0. The zero-order valence-corrected chi connectivity index (χ0v) is 17.8. The molecule has 0 aliphatic carbocycles. The second kappa shape index (κ2) is 8.73. The van der Waals surface area contributed by atoms with E-state index in [4.69, 9.17) is 4.74 Å². The molecule has 3 heterocycles. The van der Waals surface area contributed by atoms with Gasteiger partial charge in [-0.2, -0.15) is 5.26 Å². The molecular weight excluding hydrogens is 399 g/mol. The summed E-state index contributed by atoms with van der Waals surface area (Å²) in [6.07, 6.45) is 3.04. The number of piperidine rings is 1. The van der Waals surface area contributed by atoms with Crippen molar-refractivity contribution in [1.29, 1.82) is 5.26 Å². The van der Waals surface area contributed by atoms with Crippen molar-refractivity contribution in [3.8, 4) is 6.07 Å². The molecule has 2 atom stereocenters. The zero-order valence-electron chi connectivity index (χ0n) is 17.8. The van der Waals surface area contributed by atoms with Gasteiger partial charge in [-0.05, 0) is 38.9 Å². The van der Waals surface area contributed by atoms with E-state index in [0.29, 0.717) is 55.6 Å². The third-order valence-corrected chi connectivity index (χ3v) is 6.08. The first-order chi connectivity index (χ1) is 14.9. The summed E-state index contributed by atoms with van der Waals surface area (Å²) in [6.45, 7) is 4.15. The number of halogens is 1. The molecule has 0 spiro atoms. The fourth-order valence-electron chi connectivity index (χ4n) is 4.24. The van der Waals surface area contributed by atoms with E-state index < -0.39 is 11.8 Å². The summed E-state index contributed by atoms with van der Waals surface area (Å²) in [6, 6.07) is 5.69. The number of hydrogen-bond acceptors (Lipinski definition) is 7. The van der Waals surface area contributed by atoms with Crippen molar-refractivity contribution in [3.63, 3.8) is 0 Å². The lowest BCUT2D eigenvalue weighted by atomic mass is 9.93. The Bertz CT molecular complexity index is 1000. The van der Waals surface area contributed by atoms with Crippen molar-refractivity contribution in [2.45, 2.75) is 37.6 Å². The number of nitriles is 1. The molecule has 1 N–H and O–H groups in total. The van der Waals surface area contributed by atoms with Crippen LogP contribution in [-0.4, -0.2) is 78.4 Å². The number of ether oxygens (including phenoxy) is 1. The number of aromatic nitrogens is 2. The molecule has 0 saturated carbocycles. The number of nitrogens with zero attached hydrogens (tertiary/aromatic N) is 5. The van der Waals surface area contributed by atoms with Gasteiger partial charge in [-0.15, -0.1) is 0 Å². The van der Waals surface area contributed by atoms with Crippen LogP contribution in [0.1, 0.15) is 25.3 Å². The van der Waals surface area contributed by atoms with Gasteiger partial charge in [-0.25, -0.2) is 4.39 Å². The topological polar surface area (TPSA) is 94.4 Å². The Morgan fingerprint density at radius 3 is 2.71 bits per heavy atom. The highest BCUT2D eigenvalue weighted by molar-refractivity contribution is 5.92. The quantitative estimate of drug-likeness (QED) is 0.794. The molecule has 0 unspecified atom stereocenters. The van der Waals surface area contributed by atoms with Crippen LogP contribution >= 0.6 is 0 Å². The minimum absolute atomic E-state index is 0.000807. The van der Waals surface area contributed by atoms with Gasteiger partial charge in [0.05, 0.1) is 30.4 Å². The van der Waals surface area contributed by atoms with Gasteiger partial charge < -0.3 is 19.9 Å². The fourth-order valence-corrected chi connectivity index (χ4v) is 4.24. The first-order valence-corrected chi connectivity index (χ1v) is 10.6. The Balaban J connectivity index is 1.48. The molecule has 8 nitrogen and oxygen atoms in total. The van der Waals surface area contributed by atoms with Gasteiger partial charge in [0, 0.05) is 32.0 Å². The molecule has 2 fully saturated rings. The summed E-state index contributed by atoms with van der Waals surface area (Å²) in [5, 5.41) is 12.1. The number of carbonyl (C=O) groups excluding carboxylic acids is 1. The van der Waals surface area contributed by atoms with Gasteiger partial charge in [-0.3, -0.25) is 14.8 Å². The minimum atomic E-state index is -1.37. The SMILES string of the molecule is C[C@@H]1CN(c2ccc(C#N)c3nccnc23)C[C@H](C(=O)NCC2(F)CCN(C)CC2)O1. The molecule has 0 radical (unpaired) electrons. The second-order valence-electron chi connectivity index (χ2n) is 8.51. The molecule has 1 amide bonds. The normalized spacial score (nSPS) is 24.0.